The zero-order chi connectivity index (χ0) is 26.4. The maximum atomic E-state index is 14.3. The molecular formula is C32H34FN2PS. The van der Waals surface area contributed by atoms with E-state index in [-0.39, 0.29) is 5.56 Å². The van der Waals surface area contributed by atoms with Crippen LogP contribution in [0.1, 0.15) is 60.4 Å². The van der Waals surface area contributed by atoms with Crippen molar-refractivity contribution in [1.29, 1.82) is 5.41 Å². The first kappa shape index (κ1) is 27.1. The molecule has 0 spiro atoms. The highest BCUT2D eigenvalue weighted by atomic mass is 32.2. The Morgan fingerprint density at radius 1 is 1.08 bits per heavy atom. The Hall–Kier alpha value is -2.94. The molecular weight excluding hydrogens is 494 g/mol. The molecule has 0 aromatic heterocycles. The van der Waals surface area contributed by atoms with Gasteiger partial charge in [-0.1, -0.05) is 86.2 Å². The first-order chi connectivity index (χ1) is 18.0. The summed E-state index contributed by atoms with van der Waals surface area (Å²) in [5, 5.41) is 10.7. The van der Waals surface area contributed by atoms with Crippen LogP contribution in [0, 0.1) is 11.3 Å². The number of nitrogens with one attached hydrogen (secondary N) is 2. The lowest BCUT2D eigenvalue weighted by Crippen LogP contribution is -2.02. The van der Waals surface area contributed by atoms with Crippen LogP contribution in [0.2, 0.25) is 0 Å². The van der Waals surface area contributed by atoms with Crippen LogP contribution in [-0.4, -0.2) is 12.2 Å². The lowest BCUT2D eigenvalue weighted by molar-refractivity contribution is 0.798. The van der Waals surface area contributed by atoms with Gasteiger partial charge in [-0.15, -0.1) is 11.8 Å². The minimum Gasteiger partial charge on any atom is -0.369 e. The van der Waals surface area contributed by atoms with Crippen molar-refractivity contribution >= 4 is 50.0 Å². The van der Waals surface area contributed by atoms with E-state index in [4.69, 9.17) is 5.41 Å². The van der Waals surface area contributed by atoms with E-state index in [1.54, 1.807) is 17.8 Å². The van der Waals surface area contributed by atoms with Crippen LogP contribution in [0.15, 0.2) is 89.9 Å². The van der Waals surface area contributed by atoms with E-state index in [0.717, 1.165) is 53.5 Å². The summed E-state index contributed by atoms with van der Waals surface area (Å²) in [7, 11) is 2.40. The third-order valence-corrected chi connectivity index (χ3v) is 7.74. The molecule has 4 rings (SSSR count). The molecule has 5 heteroatoms. The average molecular weight is 529 g/mol. The number of rotatable bonds is 11. The third kappa shape index (κ3) is 6.50. The van der Waals surface area contributed by atoms with Crippen LogP contribution in [-0.2, 0) is 0 Å². The second kappa shape index (κ2) is 12.5. The predicted molar refractivity (Wildman–Crippen MR) is 164 cm³/mol. The fraction of sp³-hybridized carbons (Fsp3) is 0.219. The van der Waals surface area contributed by atoms with Crippen molar-refractivity contribution in [1.82, 2.24) is 0 Å². The van der Waals surface area contributed by atoms with E-state index in [0.29, 0.717) is 11.6 Å². The molecule has 0 radical (unpaired) electrons. The number of hydrogen-bond donors (Lipinski definition) is 2. The Labute approximate surface area is 226 Å². The maximum Gasteiger partial charge on any atom is 0.214 e. The Morgan fingerprint density at radius 3 is 2.41 bits per heavy atom. The van der Waals surface area contributed by atoms with Crippen molar-refractivity contribution in [3.8, 4) is 0 Å². The molecule has 190 valence electrons. The molecule has 0 aliphatic heterocycles. The molecule has 1 aliphatic rings. The van der Waals surface area contributed by atoms with Crippen molar-refractivity contribution in [2.75, 3.05) is 11.3 Å². The normalized spacial score (nSPS) is 13.9. The summed E-state index contributed by atoms with van der Waals surface area (Å²) in [6.45, 7) is 6.29. The van der Waals surface area contributed by atoms with E-state index in [1.165, 1.54) is 16.0 Å². The van der Waals surface area contributed by atoms with Gasteiger partial charge < -0.3 is 5.09 Å². The van der Waals surface area contributed by atoms with Gasteiger partial charge in [-0.2, -0.15) is 4.39 Å². The highest BCUT2D eigenvalue weighted by molar-refractivity contribution is 7.98. The molecule has 0 bridgehead atoms. The third-order valence-electron chi connectivity index (χ3n) is 6.63. The second-order valence-corrected chi connectivity index (χ2v) is 10.5. The summed E-state index contributed by atoms with van der Waals surface area (Å²) in [4.78, 5) is 1.23. The lowest BCUT2D eigenvalue weighted by atomic mass is 9.86. The fourth-order valence-electron chi connectivity index (χ4n) is 4.66. The van der Waals surface area contributed by atoms with Crippen molar-refractivity contribution in [3.05, 3.63) is 113 Å². The molecule has 3 aromatic rings. The number of thioether (sulfide) groups is 1. The van der Waals surface area contributed by atoms with Crippen LogP contribution in [0.25, 0.3) is 17.2 Å². The van der Waals surface area contributed by atoms with Gasteiger partial charge in [-0.3, -0.25) is 5.41 Å². The predicted octanol–water partition coefficient (Wildman–Crippen LogP) is 9.64. The van der Waals surface area contributed by atoms with E-state index in [1.807, 2.05) is 12.1 Å². The van der Waals surface area contributed by atoms with Gasteiger partial charge in [-0.05, 0) is 92.4 Å². The number of benzene rings is 3. The summed E-state index contributed by atoms with van der Waals surface area (Å²) in [5.41, 5.74) is 8.72. The van der Waals surface area contributed by atoms with Crippen LogP contribution in [0.5, 0.6) is 0 Å². The quantitative estimate of drug-likeness (QED) is 0.0854. The standard InChI is InChI=1S/C32H34FN2PS/c1-4-7-21(2)10-11-22-12-14-23(15-13-22)30(25-18-19-28(35-36)27(20-25)32(33)34)31(24-16-17-24)26-8-5-6-9-29(26)37-3/h5-6,8-15,18-20,24,34-35H,2,4,7,16-17,36H2,1,3H3/b11-10+,31-30+,34-32?. The SMILES string of the molecule is C=C(/C=C/c1ccc(/C(=C(\c2ccccc2SC)C2CC2)c2ccc(NP)c(C(=N)F)c2)cc1)CCC. The lowest BCUT2D eigenvalue weighted by Gasteiger charge is -2.20. The van der Waals surface area contributed by atoms with Gasteiger partial charge in [0.1, 0.15) is 0 Å². The van der Waals surface area contributed by atoms with Gasteiger partial charge in [-0.25, -0.2) is 0 Å². The monoisotopic (exact) mass is 528 g/mol. The average Bonchev–Trinajstić information content (AvgIpc) is 3.76. The Kier molecular flexibility index (Phi) is 9.18. The molecule has 1 aliphatic carbocycles. The molecule has 1 saturated carbocycles. The number of anilines is 1. The van der Waals surface area contributed by atoms with Crippen LogP contribution < -0.4 is 5.09 Å². The van der Waals surface area contributed by atoms with Crippen LogP contribution >= 0.6 is 21.2 Å². The molecule has 2 N–H and O–H groups in total. The number of allylic oxidation sites excluding steroid dienone is 3. The Bertz CT molecular complexity index is 1350. The van der Waals surface area contributed by atoms with Gasteiger partial charge >= 0.3 is 0 Å². The van der Waals surface area contributed by atoms with Crippen molar-refractivity contribution in [2.45, 2.75) is 37.5 Å². The van der Waals surface area contributed by atoms with Crippen molar-refractivity contribution < 1.29 is 4.39 Å². The molecule has 2 nitrogen and oxygen atoms in total. The van der Waals surface area contributed by atoms with Crippen LogP contribution in [0.4, 0.5) is 10.1 Å². The second-order valence-electron chi connectivity index (χ2n) is 9.35. The van der Waals surface area contributed by atoms with E-state index in [9.17, 15) is 4.39 Å². The number of halogens is 1. The van der Waals surface area contributed by atoms with Crippen LogP contribution in [0.3, 0.4) is 0 Å². The first-order valence-electron chi connectivity index (χ1n) is 12.7. The van der Waals surface area contributed by atoms with Gasteiger partial charge in [0.25, 0.3) is 0 Å². The van der Waals surface area contributed by atoms with Gasteiger partial charge in [0, 0.05) is 10.6 Å². The highest BCUT2D eigenvalue weighted by Crippen LogP contribution is 2.49. The van der Waals surface area contributed by atoms with E-state index >= 15 is 0 Å². The zero-order valence-corrected chi connectivity index (χ0v) is 23.5. The Morgan fingerprint density at radius 2 is 1.78 bits per heavy atom. The van der Waals surface area contributed by atoms with Crippen molar-refractivity contribution in [2.24, 2.45) is 5.92 Å². The molecule has 0 saturated heterocycles. The minimum absolute atomic E-state index is 0.257. The topological polar surface area (TPSA) is 35.9 Å². The summed E-state index contributed by atoms with van der Waals surface area (Å²) >= 11 is 1.75. The summed E-state index contributed by atoms with van der Waals surface area (Å²) in [5.74, 6) is -0.496. The largest absolute Gasteiger partial charge is 0.369 e. The summed E-state index contributed by atoms with van der Waals surface area (Å²) in [6, 6.07) is 22.8. The number of hydrogen-bond acceptors (Lipinski definition) is 3. The molecule has 1 atom stereocenters. The van der Waals surface area contributed by atoms with Gasteiger partial charge in [0.2, 0.25) is 5.97 Å². The first-order valence-corrected chi connectivity index (χ1v) is 14.5. The van der Waals surface area contributed by atoms with Gasteiger partial charge in [0.15, 0.2) is 0 Å². The highest BCUT2D eigenvalue weighted by Gasteiger charge is 2.32. The molecule has 3 aromatic carbocycles. The van der Waals surface area contributed by atoms with E-state index in [2.05, 4.69) is 94.9 Å². The minimum atomic E-state index is -0.948. The molecule has 1 fully saturated rings. The fourth-order valence-corrected chi connectivity index (χ4v) is 5.53. The van der Waals surface area contributed by atoms with E-state index < -0.39 is 5.97 Å². The van der Waals surface area contributed by atoms with Crippen molar-refractivity contribution in [3.63, 3.8) is 0 Å². The molecule has 0 amide bonds. The maximum absolute atomic E-state index is 14.3. The summed E-state index contributed by atoms with van der Waals surface area (Å²) < 4.78 is 14.3. The summed E-state index contributed by atoms with van der Waals surface area (Å²) in [6.07, 6.45) is 10.7. The zero-order valence-electron chi connectivity index (χ0n) is 21.5. The smallest absolute Gasteiger partial charge is 0.214 e. The molecule has 0 heterocycles. The molecule has 1 unspecified atom stereocenters. The molecule has 37 heavy (non-hydrogen) atoms. The Balaban J connectivity index is 1.91. The van der Waals surface area contributed by atoms with Gasteiger partial charge in [0.05, 0.1) is 5.56 Å².